The summed E-state index contributed by atoms with van der Waals surface area (Å²) in [5.41, 5.74) is 1.50. The zero-order chi connectivity index (χ0) is 15.4. The first-order valence-corrected chi connectivity index (χ1v) is 7.46. The number of hydrogen-bond donors (Lipinski definition) is 2. The van der Waals surface area contributed by atoms with Crippen LogP contribution in [0.5, 0.6) is 5.75 Å². The third-order valence-corrected chi connectivity index (χ3v) is 4.14. The van der Waals surface area contributed by atoms with Crippen LogP contribution in [0.1, 0.15) is 18.9 Å². The first-order chi connectivity index (χ1) is 10.0. The molecule has 1 aliphatic rings. The summed E-state index contributed by atoms with van der Waals surface area (Å²) in [6, 6.07) is 6.11. The molecule has 1 aromatic rings. The van der Waals surface area contributed by atoms with Crippen molar-refractivity contribution in [2.24, 2.45) is 0 Å². The van der Waals surface area contributed by atoms with Crippen molar-refractivity contribution in [3.63, 3.8) is 0 Å². The summed E-state index contributed by atoms with van der Waals surface area (Å²) in [4.78, 5) is 4.81. The van der Waals surface area contributed by atoms with Gasteiger partial charge in [0, 0.05) is 31.1 Å². The van der Waals surface area contributed by atoms with Gasteiger partial charge in [0.1, 0.15) is 5.75 Å². The van der Waals surface area contributed by atoms with E-state index in [1.165, 1.54) is 7.11 Å². The second-order valence-electron chi connectivity index (χ2n) is 5.89. The molecule has 1 saturated heterocycles. The van der Waals surface area contributed by atoms with Crippen molar-refractivity contribution in [1.29, 1.82) is 0 Å². The lowest BCUT2D eigenvalue weighted by Gasteiger charge is -2.28. The smallest absolute Gasteiger partial charge is 0.492 e. The summed E-state index contributed by atoms with van der Waals surface area (Å²) >= 11 is 0. The van der Waals surface area contributed by atoms with E-state index in [0.29, 0.717) is 17.3 Å². The first kappa shape index (κ1) is 16.3. The van der Waals surface area contributed by atoms with Crippen LogP contribution in [0.15, 0.2) is 18.2 Å². The van der Waals surface area contributed by atoms with E-state index >= 15 is 0 Å². The van der Waals surface area contributed by atoms with E-state index in [1.54, 1.807) is 6.07 Å². The fourth-order valence-electron chi connectivity index (χ4n) is 2.98. The molecule has 5 nitrogen and oxygen atoms in total. The number of methoxy groups -OCH3 is 1. The first-order valence-electron chi connectivity index (χ1n) is 7.46. The van der Waals surface area contributed by atoms with Gasteiger partial charge in [-0.25, -0.2) is 0 Å². The lowest BCUT2D eigenvalue weighted by atomic mass is 9.78. The van der Waals surface area contributed by atoms with Crippen molar-refractivity contribution in [2.45, 2.75) is 25.9 Å². The number of rotatable bonds is 4. The van der Waals surface area contributed by atoms with Gasteiger partial charge in [0.25, 0.3) is 0 Å². The Balaban J connectivity index is 2.13. The van der Waals surface area contributed by atoms with Gasteiger partial charge in [-0.3, -0.25) is 4.90 Å². The molecule has 1 atom stereocenters. The highest BCUT2D eigenvalue weighted by atomic mass is 16.5. The topological polar surface area (TPSA) is 56.2 Å². The second-order valence-corrected chi connectivity index (χ2v) is 5.89. The predicted molar refractivity (Wildman–Crippen MR) is 84.8 cm³/mol. The third kappa shape index (κ3) is 4.20. The maximum absolute atomic E-state index is 9.45. The highest BCUT2D eigenvalue weighted by Gasteiger charge is 2.21. The van der Waals surface area contributed by atoms with Crippen molar-refractivity contribution in [1.82, 2.24) is 9.80 Å². The summed E-state index contributed by atoms with van der Waals surface area (Å²) < 4.78 is 5.17. The van der Waals surface area contributed by atoms with Crippen LogP contribution in [0.4, 0.5) is 0 Å². The Labute approximate surface area is 127 Å². The number of nitrogens with zero attached hydrogens (tertiary/aromatic N) is 2. The van der Waals surface area contributed by atoms with E-state index < -0.39 is 7.12 Å². The van der Waals surface area contributed by atoms with Crippen LogP contribution in [0.3, 0.4) is 0 Å². The number of ether oxygens (including phenoxy) is 1. The van der Waals surface area contributed by atoms with Crippen LogP contribution in [0, 0.1) is 0 Å². The normalized spacial score (nSPS) is 21.1. The van der Waals surface area contributed by atoms with Crippen LogP contribution in [-0.2, 0) is 6.54 Å². The maximum Gasteiger partial charge on any atom is 0.492 e. The molecule has 1 unspecified atom stereocenters. The molecule has 0 amide bonds. The summed E-state index contributed by atoms with van der Waals surface area (Å²) in [6.07, 6.45) is 1.16. The Bertz CT molecular complexity index is 470. The Morgan fingerprint density at radius 1 is 1.33 bits per heavy atom. The van der Waals surface area contributed by atoms with Crippen LogP contribution < -0.4 is 10.2 Å². The van der Waals surface area contributed by atoms with Crippen LogP contribution >= 0.6 is 0 Å². The summed E-state index contributed by atoms with van der Waals surface area (Å²) in [5, 5.41) is 18.9. The molecule has 1 heterocycles. The highest BCUT2D eigenvalue weighted by Crippen LogP contribution is 2.15. The van der Waals surface area contributed by atoms with Gasteiger partial charge < -0.3 is 19.7 Å². The molecule has 2 N–H and O–H groups in total. The summed E-state index contributed by atoms with van der Waals surface area (Å²) in [7, 11) is 2.19. The van der Waals surface area contributed by atoms with E-state index in [-0.39, 0.29) is 0 Å². The molecule has 0 radical (unpaired) electrons. The Hall–Kier alpha value is -1.08. The maximum atomic E-state index is 9.45. The van der Waals surface area contributed by atoms with E-state index in [4.69, 9.17) is 4.74 Å². The second kappa shape index (κ2) is 7.27. The average Bonchev–Trinajstić information content (AvgIpc) is 2.60. The Morgan fingerprint density at radius 2 is 2.10 bits per heavy atom. The summed E-state index contributed by atoms with van der Waals surface area (Å²) in [6.45, 7) is 6.32. The number of likely N-dealkylation sites (N-methyl/N-ethyl adjacent to an activating group) is 1. The molecule has 116 valence electrons. The van der Waals surface area contributed by atoms with Gasteiger partial charge in [-0.1, -0.05) is 12.1 Å². The van der Waals surface area contributed by atoms with Gasteiger partial charge in [-0.05, 0) is 38.6 Å². The molecule has 0 aliphatic carbocycles. The van der Waals surface area contributed by atoms with Gasteiger partial charge >= 0.3 is 7.12 Å². The minimum Gasteiger partial charge on any atom is -0.497 e. The minimum absolute atomic E-state index is 0.426. The van der Waals surface area contributed by atoms with Gasteiger partial charge in [-0.2, -0.15) is 0 Å². The van der Waals surface area contributed by atoms with Crippen molar-refractivity contribution in [3.8, 4) is 5.75 Å². The monoisotopic (exact) mass is 292 g/mol. The molecular formula is C15H25BN2O3. The molecule has 0 saturated carbocycles. The van der Waals surface area contributed by atoms with Gasteiger partial charge in [-0.15, -0.1) is 0 Å². The third-order valence-electron chi connectivity index (χ3n) is 4.14. The van der Waals surface area contributed by atoms with Crippen LogP contribution in [-0.4, -0.2) is 66.8 Å². The fourth-order valence-corrected chi connectivity index (χ4v) is 2.98. The standard InChI is InChI=1S/C15H25BN2O3/c1-12-10-17(2)7-4-8-18(12)11-13-5-6-15(21-3)14(9-13)16(19)20/h5-6,9,12,19-20H,4,7-8,10-11H2,1-3H3. The number of benzene rings is 1. The molecule has 1 aliphatic heterocycles. The van der Waals surface area contributed by atoms with Crippen molar-refractivity contribution < 1.29 is 14.8 Å². The number of hydrogen-bond acceptors (Lipinski definition) is 5. The van der Waals surface area contributed by atoms with E-state index in [1.807, 2.05) is 12.1 Å². The lowest BCUT2D eigenvalue weighted by molar-refractivity contribution is 0.194. The van der Waals surface area contributed by atoms with Gasteiger partial charge in [0.05, 0.1) is 7.11 Å². The SMILES string of the molecule is COc1ccc(CN2CCCN(C)CC2C)cc1B(O)O. The van der Waals surface area contributed by atoms with Crippen LogP contribution in [0.25, 0.3) is 0 Å². The molecule has 0 aromatic heterocycles. The van der Waals surface area contributed by atoms with Crippen molar-refractivity contribution in [3.05, 3.63) is 23.8 Å². The Kier molecular flexibility index (Phi) is 5.64. The van der Waals surface area contributed by atoms with E-state index in [2.05, 4.69) is 23.8 Å². The quantitative estimate of drug-likeness (QED) is 0.759. The predicted octanol–water partition coefficient (Wildman–Crippen LogP) is -0.0990. The highest BCUT2D eigenvalue weighted by molar-refractivity contribution is 6.59. The van der Waals surface area contributed by atoms with E-state index in [9.17, 15) is 10.0 Å². The largest absolute Gasteiger partial charge is 0.497 e. The molecular weight excluding hydrogens is 267 g/mol. The minimum atomic E-state index is -1.51. The van der Waals surface area contributed by atoms with E-state index in [0.717, 1.165) is 38.2 Å². The lowest BCUT2D eigenvalue weighted by Crippen LogP contribution is -2.38. The summed E-state index contributed by atoms with van der Waals surface area (Å²) in [5.74, 6) is 0.511. The van der Waals surface area contributed by atoms with Gasteiger partial charge in [0.2, 0.25) is 0 Å². The fraction of sp³-hybridized carbons (Fsp3) is 0.600. The molecule has 0 bridgehead atoms. The molecule has 6 heteroatoms. The molecule has 1 aromatic carbocycles. The molecule has 1 fully saturated rings. The van der Waals surface area contributed by atoms with Gasteiger partial charge in [0.15, 0.2) is 0 Å². The average molecular weight is 292 g/mol. The van der Waals surface area contributed by atoms with Crippen LogP contribution in [0.2, 0.25) is 0 Å². The van der Waals surface area contributed by atoms with Crippen molar-refractivity contribution in [2.75, 3.05) is 33.8 Å². The zero-order valence-corrected chi connectivity index (χ0v) is 13.1. The molecule has 0 spiro atoms. The Morgan fingerprint density at radius 3 is 2.76 bits per heavy atom. The van der Waals surface area contributed by atoms with Crippen molar-refractivity contribution >= 4 is 12.6 Å². The molecule has 2 rings (SSSR count). The molecule has 21 heavy (non-hydrogen) atoms. The zero-order valence-electron chi connectivity index (χ0n) is 13.1.